The van der Waals surface area contributed by atoms with Gasteiger partial charge in [0.15, 0.2) is 0 Å². The summed E-state index contributed by atoms with van der Waals surface area (Å²) in [6, 6.07) is 12.8. The smallest absolute Gasteiger partial charge is 0.264 e. The predicted molar refractivity (Wildman–Crippen MR) is 158 cm³/mol. The molecule has 0 unspecified atom stereocenters. The van der Waals surface area contributed by atoms with Gasteiger partial charge in [0.1, 0.15) is 16.4 Å². The number of amides is 1. The molecule has 0 saturated heterocycles. The van der Waals surface area contributed by atoms with Gasteiger partial charge in [-0.05, 0) is 61.9 Å². The molecule has 0 fully saturated rings. The summed E-state index contributed by atoms with van der Waals surface area (Å²) in [5, 5.41) is 0. The second-order valence-corrected chi connectivity index (χ2v) is 14.8. The second kappa shape index (κ2) is 12.2. The highest BCUT2D eigenvalue weighted by Gasteiger charge is 2.29. The number of sulfonamides is 1. The van der Waals surface area contributed by atoms with Crippen molar-refractivity contribution in [1.29, 1.82) is 0 Å². The molecule has 3 aromatic rings. The molecular weight excluding hydrogens is 564 g/mol. The van der Waals surface area contributed by atoms with Crippen LogP contribution in [0.2, 0.25) is 0 Å². The number of carbonyl (C=O) groups excluding carboxylic acids is 1. The lowest BCUT2D eigenvalue weighted by Gasteiger charge is -2.33. The lowest BCUT2D eigenvalue weighted by molar-refractivity contribution is 0.0576. The zero-order valence-corrected chi connectivity index (χ0v) is 25.5. The maximum absolute atomic E-state index is 13.8. The van der Waals surface area contributed by atoms with Gasteiger partial charge in [0.25, 0.3) is 15.9 Å². The van der Waals surface area contributed by atoms with Crippen LogP contribution in [-0.2, 0) is 19.9 Å². The number of rotatable bonds is 7. The van der Waals surface area contributed by atoms with Crippen molar-refractivity contribution in [3.8, 4) is 17.1 Å². The predicted octanol–water partition coefficient (Wildman–Crippen LogP) is 4.25. The molecule has 1 atom stereocenters. The third-order valence-corrected chi connectivity index (χ3v) is 9.20. The van der Waals surface area contributed by atoms with E-state index in [9.17, 15) is 21.6 Å². The van der Waals surface area contributed by atoms with Gasteiger partial charge in [-0.1, -0.05) is 38.1 Å². The molecule has 2 heterocycles. The Morgan fingerprint density at radius 2 is 1.76 bits per heavy atom. The minimum Gasteiger partial charge on any atom is -0.475 e. The molecule has 2 aromatic carbocycles. The topological polar surface area (TPSA) is 136 Å². The summed E-state index contributed by atoms with van der Waals surface area (Å²) in [5.74, 6) is -0.305. The number of carbonyl (C=O) groups is 1. The SMILES string of the molecule is Cc1cccc(C)c1-c1cc2nc(n1)NS(=O)(=O)c1cccc(c1)C(=O)N(CCCS(C)(=O)=O)[C@H](CC(C)C)CO2. The number of hydrogen-bond donors (Lipinski definition) is 1. The lowest BCUT2D eigenvalue weighted by atomic mass is 10.00. The molecule has 0 saturated carbocycles. The largest absolute Gasteiger partial charge is 0.475 e. The van der Waals surface area contributed by atoms with Gasteiger partial charge in [-0.25, -0.2) is 26.5 Å². The van der Waals surface area contributed by atoms with Crippen LogP contribution < -0.4 is 9.46 Å². The zero-order chi connectivity index (χ0) is 29.9. The molecule has 1 aliphatic rings. The quantitative estimate of drug-likeness (QED) is 0.425. The summed E-state index contributed by atoms with van der Waals surface area (Å²) in [4.78, 5) is 24.2. The summed E-state index contributed by atoms with van der Waals surface area (Å²) in [6.07, 6.45) is 1.96. The van der Waals surface area contributed by atoms with Crippen molar-refractivity contribution in [2.45, 2.75) is 51.5 Å². The normalized spacial score (nSPS) is 17.2. The molecule has 1 N–H and O–H groups in total. The fourth-order valence-corrected chi connectivity index (χ4v) is 6.63. The Morgan fingerprint density at radius 1 is 1.07 bits per heavy atom. The van der Waals surface area contributed by atoms with Crippen LogP contribution in [-0.4, -0.2) is 68.8 Å². The van der Waals surface area contributed by atoms with Crippen molar-refractivity contribution in [2.75, 3.05) is 29.9 Å². The maximum atomic E-state index is 13.8. The molecule has 0 aliphatic carbocycles. The molecule has 220 valence electrons. The highest BCUT2D eigenvalue weighted by Crippen LogP contribution is 2.30. The first-order valence-electron chi connectivity index (χ1n) is 13.4. The van der Waals surface area contributed by atoms with Crippen LogP contribution in [0.15, 0.2) is 53.4 Å². The number of aromatic nitrogens is 2. The number of anilines is 1. The van der Waals surface area contributed by atoms with Crippen LogP contribution >= 0.6 is 0 Å². The average molecular weight is 601 g/mol. The van der Waals surface area contributed by atoms with E-state index in [0.29, 0.717) is 12.1 Å². The van der Waals surface area contributed by atoms with E-state index in [-0.39, 0.29) is 53.5 Å². The number of ether oxygens (including phenoxy) is 1. The highest BCUT2D eigenvalue weighted by atomic mass is 32.2. The van der Waals surface area contributed by atoms with Gasteiger partial charge in [-0.3, -0.25) is 4.79 Å². The first kappa shape index (κ1) is 30.4. The second-order valence-electron chi connectivity index (χ2n) is 10.9. The molecule has 1 amide bonds. The van der Waals surface area contributed by atoms with Crippen LogP contribution in [0.1, 0.15) is 48.2 Å². The van der Waals surface area contributed by atoms with Crippen molar-refractivity contribution in [2.24, 2.45) is 5.92 Å². The summed E-state index contributed by atoms with van der Waals surface area (Å²) >= 11 is 0. The average Bonchev–Trinajstić information content (AvgIpc) is 2.87. The number of aryl methyl sites for hydroxylation is 2. The Hall–Kier alpha value is -3.51. The van der Waals surface area contributed by atoms with Gasteiger partial charge in [0.05, 0.1) is 22.4 Å². The van der Waals surface area contributed by atoms with E-state index in [0.717, 1.165) is 22.9 Å². The molecule has 0 radical (unpaired) electrons. The van der Waals surface area contributed by atoms with Crippen molar-refractivity contribution in [3.05, 3.63) is 65.2 Å². The zero-order valence-electron chi connectivity index (χ0n) is 23.9. The number of benzene rings is 2. The van der Waals surface area contributed by atoms with Crippen LogP contribution in [0.4, 0.5) is 5.95 Å². The summed E-state index contributed by atoms with van der Waals surface area (Å²) in [5.41, 5.74) is 3.41. The molecule has 4 bridgehead atoms. The van der Waals surface area contributed by atoms with Crippen LogP contribution in [0, 0.1) is 19.8 Å². The first-order valence-corrected chi connectivity index (χ1v) is 17.0. The molecule has 0 spiro atoms. The van der Waals surface area contributed by atoms with Gasteiger partial charge in [0.2, 0.25) is 11.8 Å². The van der Waals surface area contributed by atoms with E-state index in [4.69, 9.17) is 4.74 Å². The summed E-state index contributed by atoms with van der Waals surface area (Å²) in [7, 11) is -7.41. The highest BCUT2D eigenvalue weighted by molar-refractivity contribution is 7.92. The summed E-state index contributed by atoms with van der Waals surface area (Å²) < 4.78 is 59.2. The fraction of sp³-hybridized carbons (Fsp3) is 0.414. The third-order valence-electron chi connectivity index (χ3n) is 6.84. The van der Waals surface area contributed by atoms with E-state index in [1.807, 2.05) is 45.9 Å². The van der Waals surface area contributed by atoms with Gasteiger partial charge in [0, 0.05) is 30.0 Å². The van der Waals surface area contributed by atoms with Gasteiger partial charge in [-0.2, -0.15) is 4.98 Å². The number of fused-ring (bicyclic) bond motifs is 4. The Bertz CT molecular complexity index is 1640. The van der Waals surface area contributed by atoms with Gasteiger partial charge < -0.3 is 9.64 Å². The summed E-state index contributed by atoms with van der Waals surface area (Å²) in [6.45, 7) is 8.17. The van der Waals surface area contributed by atoms with Crippen LogP contribution in [0.25, 0.3) is 11.3 Å². The molecule has 10 nitrogen and oxygen atoms in total. The first-order chi connectivity index (χ1) is 19.2. The minimum absolute atomic E-state index is 0.0673. The Balaban J connectivity index is 1.86. The monoisotopic (exact) mass is 600 g/mol. The fourth-order valence-electron chi connectivity index (χ4n) is 4.99. The molecule has 4 rings (SSSR count). The van der Waals surface area contributed by atoms with Gasteiger partial charge >= 0.3 is 0 Å². The van der Waals surface area contributed by atoms with E-state index in [1.54, 1.807) is 17.0 Å². The number of sulfone groups is 1. The molecule has 12 heteroatoms. The number of hydrogen-bond acceptors (Lipinski definition) is 8. The van der Waals surface area contributed by atoms with Crippen molar-refractivity contribution in [1.82, 2.24) is 14.9 Å². The minimum atomic E-state index is -4.17. The molecular formula is C29H36N4O6S2. The Labute approximate surface area is 242 Å². The Morgan fingerprint density at radius 3 is 2.41 bits per heavy atom. The van der Waals surface area contributed by atoms with Crippen molar-refractivity contribution < 1.29 is 26.4 Å². The van der Waals surface area contributed by atoms with Crippen LogP contribution in [0.3, 0.4) is 0 Å². The lowest BCUT2D eigenvalue weighted by Crippen LogP contribution is -2.45. The van der Waals surface area contributed by atoms with Crippen LogP contribution in [0.5, 0.6) is 5.88 Å². The molecule has 1 aromatic heterocycles. The van der Waals surface area contributed by atoms with E-state index in [1.165, 1.54) is 18.2 Å². The number of nitrogens with zero attached hydrogens (tertiary/aromatic N) is 3. The van der Waals surface area contributed by atoms with Crippen molar-refractivity contribution >= 4 is 31.7 Å². The van der Waals surface area contributed by atoms with E-state index >= 15 is 0 Å². The van der Waals surface area contributed by atoms with Crippen molar-refractivity contribution in [3.63, 3.8) is 0 Å². The molecule has 41 heavy (non-hydrogen) atoms. The van der Waals surface area contributed by atoms with E-state index < -0.39 is 31.8 Å². The van der Waals surface area contributed by atoms with Gasteiger partial charge in [-0.15, -0.1) is 0 Å². The maximum Gasteiger partial charge on any atom is 0.264 e. The Kier molecular flexibility index (Phi) is 9.03. The van der Waals surface area contributed by atoms with E-state index in [2.05, 4.69) is 14.7 Å². The third kappa shape index (κ3) is 7.62. The standard InChI is InChI=1S/C29H36N4O6S2/c1-19(2)15-23-18-39-26-17-25(27-20(3)9-6-10-21(27)4)30-29(31-26)32-41(37,38)24-12-7-11-22(16-24)28(34)33(23)13-8-14-40(5,35)36/h6-7,9-12,16-17,19,23H,8,13-15,18H2,1-5H3,(H,30,31,32)/t23-/m1/s1. The number of nitrogens with one attached hydrogen (secondary N) is 1. The molecule has 1 aliphatic heterocycles.